The maximum Gasteiger partial charge on any atom is 0.319 e. The first-order chi connectivity index (χ1) is 10.6. The van der Waals surface area contributed by atoms with E-state index >= 15 is 0 Å². The van der Waals surface area contributed by atoms with Gasteiger partial charge in [-0.3, -0.25) is 0 Å². The van der Waals surface area contributed by atoms with Gasteiger partial charge in [-0.2, -0.15) is 11.8 Å². The lowest BCUT2D eigenvalue weighted by atomic mass is 10.3. The van der Waals surface area contributed by atoms with E-state index in [0.29, 0.717) is 22.3 Å². The Morgan fingerprint density at radius 3 is 2.86 bits per heavy atom. The molecule has 118 valence electrons. The van der Waals surface area contributed by atoms with Crippen molar-refractivity contribution in [2.45, 2.75) is 12.7 Å². The third kappa shape index (κ3) is 5.12. The Morgan fingerprint density at radius 1 is 1.36 bits per heavy atom. The highest BCUT2D eigenvalue weighted by atomic mass is 35.5. The number of anilines is 1. The van der Waals surface area contributed by atoms with E-state index in [0.717, 1.165) is 22.9 Å². The summed E-state index contributed by atoms with van der Waals surface area (Å²) in [5.41, 5.74) is 2.73. The first-order valence-electron chi connectivity index (χ1n) is 6.63. The van der Waals surface area contributed by atoms with E-state index < -0.39 is 0 Å². The molecule has 0 radical (unpaired) electrons. The van der Waals surface area contributed by atoms with Crippen LogP contribution in [-0.2, 0) is 5.75 Å². The number of imidazole rings is 1. The summed E-state index contributed by atoms with van der Waals surface area (Å²) in [7, 11) is 0. The highest BCUT2D eigenvalue weighted by Crippen LogP contribution is 2.24. The second-order valence-corrected chi connectivity index (χ2v) is 6.46. The molecule has 0 saturated heterocycles. The summed E-state index contributed by atoms with van der Waals surface area (Å²) in [6.45, 7) is 2.56. The van der Waals surface area contributed by atoms with Crippen LogP contribution in [0, 0.1) is 6.92 Å². The summed E-state index contributed by atoms with van der Waals surface area (Å²) < 4.78 is 0. The number of urea groups is 1. The molecule has 2 rings (SSSR count). The van der Waals surface area contributed by atoms with Crippen molar-refractivity contribution in [3.05, 3.63) is 46.0 Å². The Bertz CT molecular complexity index is 648. The van der Waals surface area contributed by atoms with Crippen LogP contribution in [0.5, 0.6) is 0 Å². The Balaban J connectivity index is 1.65. The minimum absolute atomic E-state index is 0.269. The van der Waals surface area contributed by atoms with Crippen molar-refractivity contribution in [1.82, 2.24) is 15.3 Å². The van der Waals surface area contributed by atoms with Gasteiger partial charge in [0.2, 0.25) is 0 Å². The first-order valence-corrected chi connectivity index (χ1v) is 8.54. The van der Waals surface area contributed by atoms with Gasteiger partial charge < -0.3 is 15.6 Å². The molecule has 0 saturated carbocycles. The molecule has 1 aromatic carbocycles. The Morgan fingerprint density at radius 2 is 2.18 bits per heavy atom. The predicted molar refractivity (Wildman–Crippen MR) is 93.0 cm³/mol. The molecule has 2 amide bonds. The lowest BCUT2D eigenvalue weighted by Gasteiger charge is -2.08. The second kappa shape index (κ2) is 8.31. The number of carbonyl (C=O) groups excluding carboxylic acids is 1. The quantitative estimate of drug-likeness (QED) is 0.681. The van der Waals surface area contributed by atoms with E-state index in [1.54, 1.807) is 36.3 Å². The van der Waals surface area contributed by atoms with Gasteiger partial charge in [-0.1, -0.05) is 23.2 Å². The number of aromatic nitrogens is 2. The van der Waals surface area contributed by atoms with Crippen LogP contribution in [0.25, 0.3) is 0 Å². The van der Waals surface area contributed by atoms with Crippen LogP contribution < -0.4 is 10.6 Å². The molecule has 0 unspecified atom stereocenters. The van der Waals surface area contributed by atoms with E-state index in [-0.39, 0.29) is 6.03 Å². The molecule has 8 heteroatoms. The number of hydrogen-bond donors (Lipinski definition) is 3. The zero-order chi connectivity index (χ0) is 15.9. The van der Waals surface area contributed by atoms with Gasteiger partial charge in [0.05, 0.1) is 22.1 Å². The SMILES string of the molecule is Cc1[nH]cnc1CSCCNC(=O)Nc1ccc(Cl)c(Cl)c1. The molecule has 0 aliphatic carbocycles. The van der Waals surface area contributed by atoms with Crippen molar-refractivity contribution in [3.8, 4) is 0 Å². The number of aryl methyl sites for hydroxylation is 1. The highest BCUT2D eigenvalue weighted by molar-refractivity contribution is 7.98. The Labute approximate surface area is 143 Å². The van der Waals surface area contributed by atoms with Gasteiger partial charge in [0.15, 0.2) is 0 Å². The lowest BCUT2D eigenvalue weighted by Crippen LogP contribution is -2.30. The zero-order valence-corrected chi connectivity index (χ0v) is 14.3. The molecule has 0 spiro atoms. The highest BCUT2D eigenvalue weighted by Gasteiger charge is 2.04. The standard InChI is InChI=1S/C14H16Cl2N4OS/c1-9-13(19-8-18-9)7-22-5-4-17-14(21)20-10-2-3-11(15)12(16)6-10/h2-3,6,8H,4-5,7H2,1H3,(H,18,19)(H2,17,20,21). The number of H-pyrrole nitrogens is 1. The number of nitrogens with one attached hydrogen (secondary N) is 3. The number of benzene rings is 1. The zero-order valence-electron chi connectivity index (χ0n) is 12.0. The van der Waals surface area contributed by atoms with Gasteiger partial charge in [-0.15, -0.1) is 0 Å². The predicted octanol–water partition coefficient (Wildman–Crippen LogP) is 4.08. The summed E-state index contributed by atoms with van der Waals surface area (Å²) in [6, 6.07) is 4.68. The van der Waals surface area contributed by atoms with Gasteiger partial charge in [0.1, 0.15) is 0 Å². The first kappa shape index (κ1) is 17.0. The summed E-state index contributed by atoms with van der Waals surface area (Å²) in [6.07, 6.45) is 1.69. The molecule has 3 N–H and O–H groups in total. The van der Waals surface area contributed by atoms with Crippen LogP contribution in [0.1, 0.15) is 11.4 Å². The largest absolute Gasteiger partial charge is 0.348 e. The monoisotopic (exact) mass is 358 g/mol. The molecule has 0 fully saturated rings. The molecule has 1 heterocycles. The average molecular weight is 359 g/mol. The molecular weight excluding hydrogens is 343 g/mol. The van der Waals surface area contributed by atoms with E-state index in [2.05, 4.69) is 20.6 Å². The number of hydrogen-bond acceptors (Lipinski definition) is 3. The fourth-order valence-electron chi connectivity index (χ4n) is 1.69. The van der Waals surface area contributed by atoms with Crippen molar-refractivity contribution >= 4 is 46.7 Å². The van der Waals surface area contributed by atoms with Crippen LogP contribution in [0.15, 0.2) is 24.5 Å². The molecule has 0 aliphatic rings. The number of aromatic amines is 1. The lowest BCUT2D eigenvalue weighted by molar-refractivity contribution is 0.252. The number of amides is 2. The van der Waals surface area contributed by atoms with Gasteiger partial charge in [0, 0.05) is 29.4 Å². The van der Waals surface area contributed by atoms with E-state index in [4.69, 9.17) is 23.2 Å². The normalized spacial score (nSPS) is 10.5. The summed E-state index contributed by atoms with van der Waals surface area (Å²) in [5.74, 6) is 1.63. The number of thioether (sulfide) groups is 1. The minimum atomic E-state index is -0.269. The Kier molecular flexibility index (Phi) is 6.42. The van der Waals surface area contributed by atoms with Crippen LogP contribution >= 0.6 is 35.0 Å². The number of halogens is 2. The summed E-state index contributed by atoms with van der Waals surface area (Å²) >= 11 is 13.4. The molecule has 0 atom stereocenters. The van der Waals surface area contributed by atoms with Gasteiger partial charge in [0.25, 0.3) is 0 Å². The number of rotatable bonds is 6. The maximum absolute atomic E-state index is 11.7. The van der Waals surface area contributed by atoms with E-state index in [1.807, 2.05) is 6.92 Å². The summed E-state index contributed by atoms with van der Waals surface area (Å²) in [4.78, 5) is 19.0. The summed E-state index contributed by atoms with van der Waals surface area (Å²) in [5, 5.41) is 6.35. The molecular formula is C14H16Cl2N4OS. The van der Waals surface area contributed by atoms with Gasteiger partial charge in [-0.25, -0.2) is 9.78 Å². The van der Waals surface area contributed by atoms with Crippen LogP contribution in [0.3, 0.4) is 0 Å². The fourth-order valence-corrected chi connectivity index (χ4v) is 2.86. The van der Waals surface area contributed by atoms with Crippen molar-refractivity contribution < 1.29 is 4.79 Å². The molecule has 1 aromatic heterocycles. The third-order valence-corrected chi connectivity index (χ3v) is 4.59. The molecule has 0 bridgehead atoms. The van der Waals surface area contributed by atoms with Crippen LogP contribution in [0.2, 0.25) is 10.0 Å². The second-order valence-electron chi connectivity index (χ2n) is 4.54. The maximum atomic E-state index is 11.7. The topological polar surface area (TPSA) is 69.8 Å². The smallest absolute Gasteiger partial charge is 0.319 e. The van der Waals surface area contributed by atoms with Crippen molar-refractivity contribution in [3.63, 3.8) is 0 Å². The van der Waals surface area contributed by atoms with Crippen molar-refractivity contribution in [1.29, 1.82) is 0 Å². The van der Waals surface area contributed by atoms with E-state index in [1.165, 1.54) is 0 Å². The average Bonchev–Trinajstić information content (AvgIpc) is 2.88. The molecule has 2 aromatic rings. The number of carbonyl (C=O) groups is 1. The van der Waals surface area contributed by atoms with Crippen LogP contribution in [-0.4, -0.2) is 28.3 Å². The third-order valence-electron chi connectivity index (χ3n) is 2.88. The van der Waals surface area contributed by atoms with Gasteiger partial charge in [-0.05, 0) is 25.1 Å². The minimum Gasteiger partial charge on any atom is -0.348 e. The molecule has 0 aliphatic heterocycles. The molecule has 5 nitrogen and oxygen atoms in total. The van der Waals surface area contributed by atoms with Gasteiger partial charge >= 0.3 is 6.03 Å². The fraction of sp³-hybridized carbons (Fsp3) is 0.286. The van der Waals surface area contributed by atoms with Crippen molar-refractivity contribution in [2.24, 2.45) is 0 Å². The Hall–Kier alpha value is -1.37. The molecule has 22 heavy (non-hydrogen) atoms. The van der Waals surface area contributed by atoms with Crippen LogP contribution in [0.4, 0.5) is 10.5 Å². The van der Waals surface area contributed by atoms with Crippen molar-refractivity contribution in [2.75, 3.05) is 17.6 Å². The number of nitrogens with zero attached hydrogens (tertiary/aromatic N) is 1. The van der Waals surface area contributed by atoms with E-state index in [9.17, 15) is 4.79 Å².